The second kappa shape index (κ2) is 8.86. The first-order valence-corrected chi connectivity index (χ1v) is 10.2. The summed E-state index contributed by atoms with van der Waals surface area (Å²) in [6, 6.07) is 10.6. The standard InChI is InChI=1S/C21H30N6O/c22-19(11-18-13-23-14-24-18)21(28)27-8-6-16(7-9-27)20-17(12-25-26-20)10-15-4-2-1-3-5-15/h1-5,13-14,16-17,19-20,25-26H,6-12,22H2,(H,23,24)/t17?,19-,20?/m0/s1. The molecule has 150 valence electrons. The number of benzene rings is 1. The number of hydrogen-bond acceptors (Lipinski definition) is 5. The SMILES string of the molecule is N[C@@H](Cc1cnc[nH]1)C(=O)N1CCC(C2NNCC2Cc2ccccc2)CC1. The molecule has 0 bridgehead atoms. The number of nitrogens with two attached hydrogens (primary N) is 1. The monoisotopic (exact) mass is 382 g/mol. The lowest BCUT2D eigenvalue weighted by Gasteiger charge is -2.37. The average Bonchev–Trinajstić information content (AvgIpc) is 3.40. The smallest absolute Gasteiger partial charge is 0.239 e. The van der Waals surface area contributed by atoms with Gasteiger partial charge in [-0.3, -0.25) is 15.6 Å². The zero-order chi connectivity index (χ0) is 19.3. The van der Waals surface area contributed by atoms with Crippen LogP contribution in [0.4, 0.5) is 0 Å². The lowest BCUT2D eigenvalue weighted by atomic mass is 9.81. The lowest BCUT2D eigenvalue weighted by Crippen LogP contribution is -2.50. The number of nitrogens with one attached hydrogen (secondary N) is 3. The predicted molar refractivity (Wildman–Crippen MR) is 108 cm³/mol. The van der Waals surface area contributed by atoms with Gasteiger partial charge in [-0.15, -0.1) is 0 Å². The van der Waals surface area contributed by atoms with Gasteiger partial charge in [-0.25, -0.2) is 4.98 Å². The van der Waals surface area contributed by atoms with Crippen molar-refractivity contribution in [1.82, 2.24) is 25.7 Å². The molecule has 0 spiro atoms. The molecule has 3 heterocycles. The molecule has 1 aromatic heterocycles. The van der Waals surface area contributed by atoms with Crippen molar-refractivity contribution in [1.29, 1.82) is 0 Å². The molecule has 1 amide bonds. The van der Waals surface area contributed by atoms with E-state index in [-0.39, 0.29) is 5.91 Å². The van der Waals surface area contributed by atoms with Crippen LogP contribution < -0.4 is 16.6 Å². The minimum atomic E-state index is -0.505. The van der Waals surface area contributed by atoms with Gasteiger partial charge in [0.15, 0.2) is 0 Å². The van der Waals surface area contributed by atoms with Gasteiger partial charge < -0.3 is 15.6 Å². The van der Waals surface area contributed by atoms with Gasteiger partial charge in [0.1, 0.15) is 0 Å². The Morgan fingerprint density at radius 3 is 2.75 bits per heavy atom. The number of hydrogen-bond donors (Lipinski definition) is 4. The molecule has 2 fully saturated rings. The van der Waals surface area contributed by atoms with Crippen molar-refractivity contribution in [2.75, 3.05) is 19.6 Å². The van der Waals surface area contributed by atoms with E-state index in [0.717, 1.165) is 44.6 Å². The number of carbonyl (C=O) groups is 1. The summed E-state index contributed by atoms with van der Waals surface area (Å²) in [5.74, 6) is 1.21. The molecule has 4 rings (SSSR count). The van der Waals surface area contributed by atoms with Gasteiger partial charge in [-0.2, -0.15) is 0 Å². The summed E-state index contributed by atoms with van der Waals surface area (Å²) in [6.07, 6.45) is 6.98. The molecule has 2 aliphatic rings. The molecule has 28 heavy (non-hydrogen) atoms. The van der Waals surface area contributed by atoms with Crippen molar-refractivity contribution in [2.24, 2.45) is 17.6 Å². The summed E-state index contributed by atoms with van der Waals surface area (Å²) in [7, 11) is 0. The van der Waals surface area contributed by atoms with E-state index in [4.69, 9.17) is 5.73 Å². The van der Waals surface area contributed by atoms with Crippen molar-refractivity contribution in [3.05, 3.63) is 54.1 Å². The minimum Gasteiger partial charge on any atom is -0.348 e. The van der Waals surface area contributed by atoms with Gasteiger partial charge in [0.25, 0.3) is 0 Å². The third kappa shape index (κ3) is 4.43. The van der Waals surface area contributed by atoms with E-state index in [1.54, 1.807) is 12.5 Å². The number of hydrazine groups is 1. The van der Waals surface area contributed by atoms with E-state index < -0.39 is 6.04 Å². The summed E-state index contributed by atoms with van der Waals surface area (Å²) < 4.78 is 0. The average molecular weight is 383 g/mol. The van der Waals surface area contributed by atoms with Crippen LogP contribution in [0.2, 0.25) is 0 Å². The fourth-order valence-corrected chi connectivity index (χ4v) is 4.61. The van der Waals surface area contributed by atoms with Gasteiger partial charge in [0.2, 0.25) is 5.91 Å². The number of H-pyrrole nitrogens is 1. The van der Waals surface area contributed by atoms with Crippen molar-refractivity contribution >= 4 is 5.91 Å². The second-order valence-corrected chi connectivity index (χ2v) is 8.05. The van der Waals surface area contributed by atoms with E-state index in [2.05, 4.69) is 51.2 Å². The zero-order valence-electron chi connectivity index (χ0n) is 16.2. The van der Waals surface area contributed by atoms with Crippen molar-refractivity contribution in [3.8, 4) is 0 Å². The van der Waals surface area contributed by atoms with E-state index in [9.17, 15) is 4.79 Å². The molecule has 7 nitrogen and oxygen atoms in total. The van der Waals surface area contributed by atoms with Crippen LogP contribution in [0.5, 0.6) is 0 Å². The van der Waals surface area contributed by atoms with E-state index >= 15 is 0 Å². The molecule has 0 saturated carbocycles. The molecule has 0 aliphatic carbocycles. The van der Waals surface area contributed by atoms with Crippen LogP contribution >= 0.6 is 0 Å². The van der Waals surface area contributed by atoms with Gasteiger partial charge in [-0.05, 0) is 36.7 Å². The highest BCUT2D eigenvalue weighted by Gasteiger charge is 2.36. The molecule has 0 radical (unpaired) electrons. The fourth-order valence-electron chi connectivity index (χ4n) is 4.61. The Hall–Kier alpha value is -2.22. The summed E-state index contributed by atoms with van der Waals surface area (Å²) in [5.41, 5.74) is 15.3. The Morgan fingerprint density at radius 2 is 2.04 bits per heavy atom. The minimum absolute atomic E-state index is 0.0476. The molecule has 3 atom stereocenters. The van der Waals surface area contributed by atoms with Crippen LogP contribution in [0.3, 0.4) is 0 Å². The van der Waals surface area contributed by atoms with Crippen molar-refractivity contribution < 1.29 is 4.79 Å². The molecule has 2 unspecified atom stereocenters. The van der Waals surface area contributed by atoms with Crippen LogP contribution in [-0.2, 0) is 17.6 Å². The van der Waals surface area contributed by atoms with Crippen molar-refractivity contribution in [3.63, 3.8) is 0 Å². The zero-order valence-corrected chi connectivity index (χ0v) is 16.2. The van der Waals surface area contributed by atoms with E-state index in [0.29, 0.717) is 24.3 Å². The first-order valence-electron chi connectivity index (χ1n) is 10.2. The number of carbonyl (C=O) groups excluding carboxylic acids is 1. The van der Waals surface area contributed by atoms with Gasteiger partial charge in [-0.1, -0.05) is 30.3 Å². The molecule has 2 saturated heterocycles. The molecule has 1 aromatic carbocycles. The van der Waals surface area contributed by atoms with E-state index in [1.165, 1.54) is 5.56 Å². The number of amides is 1. The number of piperidine rings is 1. The van der Waals surface area contributed by atoms with Crippen molar-refractivity contribution in [2.45, 2.75) is 37.8 Å². The van der Waals surface area contributed by atoms with Crippen LogP contribution in [0.25, 0.3) is 0 Å². The largest absolute Gasteiger partial charge is 0.348 e. The van der Waals surface area contributed by atoms with Gasteiger partial charge in [0.05, 0.1) is 12.4 Å². The molecule has 2 aliphatic heterocycles. The summed E-state index contributed by atoms with van der Waals surface area (Å²) in [4.78, 5) is 21.6. The third-order valence-electron chi connectivity index (χ3n) is 6.15. The number of nitrogens with zero attached hydrogens (tertiary/aromatic N) is 2. The highest BCUT2D eigenvalue weighted by Crippen LogP contribution is 2.28. The van der Waals surface area contributed by atoms with Crippen LogP contribution in [0, 0.1) is 11.8 Å². The summed E-state index contributed by atoms with van der Waals surface area (Å²) in [5, 5.41) is 0. The number of imidazole rings is 1. The molecule has 5 N–H and O–H groups in total. The lowest BCUT2D eigenvalue weighted by molar-refractivity contribution is -0.134. The Labute approximate surface area is 166 Å². The van der Waals surface area contributed by atoms with Crippen LogP contribution in [-0.4, -0.2) is 52.5 Å². The maximum Gasteiger partial charge on any atom is 0.239 e. The van der Waals surface area contributed by atoms with E-state index in [1.807, 2.05) is 4.90 Å². The van der Waals surface area contributed by atoms with Crippen LogP contribution in [0.15, 0.2) is 42.9 Å². The summed E-state index contributed by atoms with van der Waals surface area (Å²) >= 11 is 0. The quantitative estimate of drug-likeness (QED) is 0.594. The third-order valence-corrected chi connectivity index (χ3v) is 6.15. The first-order chi connectivity index (χ1) is 13.7. The Morgan fingerprint density at radius 1 is 1.25 bits per heavy atom. The molecular formula is C21H30N6O. The molecule has 7 heteroatoms. The maximum absolute atomic E-state index is 12.7. The first kappa shape index (κ1) is 19.1. The molecule has 2 aromatic rings. The van der Waals surface area contributed by atoms with Gasteiger partial charge in [0, 0.05) is 44.0 Å². The normalized spacial score (nSPS) is 24.4. The number of aromatic amines is 1. The van der Waals surface area contributed by atoms with Crippen LogP contribution in [0.1, 0.15) is 24.1 Å². The molecular weight excluding hydrogens is 352 g/mol. The second-order valence-electron chi connectivity index (χ2n) is 8.05. The topological polar surface area (TPSA) is 99.1 Å². The Balaban J connectivity index is 1.29. The highest BCUT2D eigenvalue weighted by atomic mass is 16.2. The Kier molecular flexibility index (Phi) is 6.04. The highest BCUT2D eigenvalue weighted by molar-refractivity contribution is 5.82. The number of likely N-dealkylation sites (tertiary alicyclic amines) is 1. The predicted octanol–water partition coefficient (Wildman–Crippen LogP) is 0.853. The maximum atomic E-state index is 12.7. The summed E-state index contributed by atoms with van der Waals surface area (Å²) in [6.45, 7) is 2.57. The number of aromatic nitrogens is 2. The Bertz CT molecular complexity index is 742. The fraction of sp³-hybridized carbons (Fsp3) is 0.524. The number of rotatable bonds is 6. The van der Waals surface area contributed by atoms with Gasteiger partial charge >= 0.3 is 0 Å².